The van der Waals surface area contributed by atoms with Crippen LogP contribution in [0.4, 0.5) is 0 Å². The number of hydrogen-bond donors (Lipinski definition) is 1. The third-order valence-electron chi connectivity index (χ3n) is 5.07. The minimum Gasteiger partial charge on any atom is -0.352 e. The van der Waals surface area contributed by atoms with E-state index in [2.05, 4.69) is 22.3 Å². The van der Waals surface area contributed by atoms with Gasteiger partial charge in [-0.2, -0.15) is 0 Å². The fourth-order valence-corrected chi connectivity index (χ4v) is 3.92. The van der Waals surface area contributed by atoms with E-state index in [-0.39, 0.29) is 5.91 Å². The van der Waals surface area contributed by atoms with E-state index in [0.29, 0.717) is 12.6 Å². The van der Waals surface area contributed by atoms with Crippen LogP contribution in [-0.2, 0) is 11.3 Å². The van der Waals surface area contributed by atoms with Crippen molar-refractivity contribution in [2.24, 2.45) is 0 Å². The molecule has 1 aromatic heterocycles. The first-order valence-corrected chi connectivity index (χ1v) is 8.69. The molecule has 2 fully saturated rings. The predicted molar refractivity (Wildman–Crippen MR) is 87.3 cm³/mol. The van der Waals surface area contributed by atoms with Crippen LogP contribution in [0.25, 0.3) is 0 Å². The maximum Gasteiger partial charge on any atom is 0.217 e. The molecule has 1 aromatic rings. The van der Waals surface area contributed by atoms with Crippen LogP contribution < -0.4 is 5.32 Å². The summed E-state index contributed by atoms with van der Waals surface area (Å²) >= 11 is 0. The summed E-state index contributed by atoms with van der Waals surface area (Å²) in [5, 5.41) is 2.82. The monoisotopic (exact) mass is 301 g/mol. The van der Waals surface area contributed by atoms with Gasteiger partial charge in [0.2, 0.25) is 5.91 Å². The molecule has 1 amide bonds. The van der Waals surface area contributed by atoms with Gasteiger partial charge in [-0.3, -0.25) is 14.7 Å². The number of aromatic nitrogens is 1. The summed E-state index contributed by atoms with van der Waals surface area (Å²) in [6, 6.07) is 5.53. The third-order valence-corrected chi connectivity index (χ3v) is 5.07. The largest absolute Gasteiger partial charge is 0.352 e. The van der Waals surface area contributed by atoms with Gasteiger partial charge in [0.25, 0.3) is 0 Å². The molecule has 0 aromatic carbocycles. The Bertz CT molecular complexity index is 494. The molecule has 1 atom stereocenters. The van der Waals surface area contributed by atoms with Crippen LogP contribution in [0, 0.1) is 0 Å². The van der Waals surface area contributed by atoms with E-state index in [9.17, 15) is 4.79 Å². The van der Waals surface area contributed by atoms with Crippen molar-refractivity contribution in [2.75, 3.05) is 6.54 Å². The van der Waals surface area contributed by atoms with Crippen LogP contribution in [0.1, 0.15) is 69.2 Å². The van der Waals surface area contributed by atoms with Crippen molar-refractivity contribution >= 4 is 5.91 Å². The fraction of sp³-hybridized carbons (Fsp3) is 0.667. The Labute approximate surface area is 133 Å². The molecule has 1 aliphatic heterocycles. The predicted octanol–water partition coefficient (Wildman–Crippen LogP) is 3.19. The van der Waals surface area contributed by atoms with Crippen molar-refractivity contribution < 1.29 is 4.79 Å². The molecular weight excluding hydrogens is 274 g/mol. The first-order valence-electron chi connectivity index (χ1n) is 8.69. The molecule has 1 saturated carbocycles. The molecule has 1 N–H and O–H groups in total. The Morgan fingerprint density at radius 3 is 2.73 bits per heavy atom. The standard InChI is InChI=1S/C18H27N3O/c1-14(22)19-12-15-9-10-17(20-13-15)18-8-5-11-21(18)16-6-3-2-4-7-16/h9-10,13,16,18H,2-8,11-12H2,1H3,(H,19,22). The molecular formula is C18H27N3O. The maximum atomic E-state index is 11.0. The number of nitrogens with zero attached hydrogens (tertiary/aromatic N) is 2. The molecule has 1 unspecified atom stereocenters. The van der Waals surface area contributed by atoms with Crippen LogP contribution in [-0.4, -0.2) is 28.4 Å². The SMILES string of the molecule is CC(=O)NCc1ccc(C2CCCN2C2CCCCC2)nc1. The number of nitrogens with one attached hydrogen (secondary N) is 1. The Morgan fingerprint density at radius 2 is 2.05 bits per heavy atom. The maximum absolute atomic E-state index is 11.0. The second-order valence-electron chi connectivity index (χ2n) is 6.69. The number of carbonyl (C=O) groups is 1. The molecule has 2 aliphatic rings. The average molecular weight is 301 g/mol. The second kappa shape index (κ2) is 7.23. The van der Waals surface area contributed by atoms with E-state index in [1.54, 1.807) is 6.92 Å². The Balaban J connectivity index is 1.65. The van der Waals surface area contributed by atoms with E-state index in [4.69, 9.17) is 4.98 Å². The molecule has 1 saturated heterocycles. The zero-order chi connectivity index (χ0) is 15.4. The van der Waals surface area contributed by atoms with Crippen LogP contribution >= 0.6 is 0 Å². The lowest BCUT2D eigenvalue weighted by Crippen LogP contribution is -2.36. The van der Waals surface area contributed by atoms with Crippen molar-refractivity contribution in [3.63, 3.8) is 0 Å². The Hall–Kier alpha value is -1.42. The van der Waals surface area contributed by atoms with Gasteiger partial charge in [-0.15, -0.1) is 0 Å². The van der Waals surface area contributed by atoms with E-state index in [1.165, 1.54) is 57.2 Å². The zero-order valence-electron chi connectivity index (χ0n) is 13.6. The van der Waals surface area contributed by atoms with Crippen molar-refractivity contribution in [1.29, 1.82) is 0 Å². The van der Waals surface area contributed by atoms with E-state index in [1.807, 2.05) is 6.20 Å². The van der Waals surface area contributed by atoms with Crippen molar-refractivity contribution in [3.8, 4) is 0 Å². The highest BCUT2D eigenvalue weighted by Gasteiger charge is 2.32. The molecule has 3 rings (SSSR count). The summed E-state index contributed by atoms with van der Waals surface area (Å²) < 4.78 is 0. The highest BCUT2D eigenvalue weighted by atomic mass is 16.1. The van der Waals surface area contributed by atoms with Crippen molar-refractivity contribution in [3.05, 3.63) is 29.6 Å². The summed E-state index contributed by atoms with van der Waals surface area (Å²) in [5.74, 6) is 0.00310. The van der Waals surface area contributed by atoms with E-state index in [0.717, 1.165) is 11.6 Å². The zero-order valence-corrected chi connectivity index (χ0v) is 13.6. The average Bonchev–Trinajstić information content (AvgIpc) is 3.04. The Morgan fingerprint density at radius 1 is 1.23 bits per heavy atom. The topological polar surface area (TPSA) is 45.2 Å². The summed E-state index contributed by atoms with van der Waals surface area (Å²) in [5.41, 5.74) is 2.27. The van der Waals surface area contributed by atoms with Gasteiger partial charge in [-0.05, 0) is 43.9 Å². The second-order valence-corrected chi connectivity index (χ2v) is 6.69. The molecule has 0 spiro atoms. The number of carbonyl (C=O) groups excluding carboxylic acids is 1. The van der Waals surface area contributed by atoms with E-state index >= 15 is 0 Å². The van der Waals surface area contributed by atoms with Crippen LogP contribution in [0.2, 0.25) is 0 Å². The lowest BCUT2D eigenvalue weighted by molar-refractivity contribution is -0.119. The minimum atomic E-state index is 0.00310. The van der Waals surface area contributed by atoms with Gasteiger partial charge in [0.1, 0.15) is 0 Å². The van der Waals surface area contributed by atoms with Crippen LogP contribution in [0.5, 0.6) is 0 Å². The fourth-order valence-electron chi connectivity index (χ4n) is 3.92. The number of rotatable bonds is 4. The molecule has 4 heteroatoms. The third kappa shape index (κ3) is 3.67. The lowest BCUT2D eigenvalue weighted by Gasteiger charge is -2.35. The van der Waals surface area contributed by atoms with Gasteiger partial charge in [-0.25, -0.2) is 0 Å². The number of hydrogen-bond acceptors (Lipinski definition) is 3. The van der Waals surface area contributed by atoms with Gasteiger partial charge in [-0.1, -0.05) is 25.3 Å². The van der Waals surface area contributed by atoms with Crippen LogP contribution in [0.15, 0.2) is 18.3 Å². The van der Waals surface area contributed by atoms with Crippen LogP contribution in [0.3, 0.4) is 0 Å². The highest BCUT2D eigenvalue weighted by molar-refractivity contribution is 5.72. The number of pyridine rings is 1. The van der Waals surface area contributed by atoms with Gasteiger partial charge in [0.15, 0.2) is 0 Å². The minimum absolute atomic E-state index is 0.00310. The molecule has 1 aliphatic carbocycles. The van der Waals surface area contributed by atoms with Gasteiger partial charge in [0, 0.05) is 25.7 Å². The quantitative estimate of drug-likeness (QED) is 0.929. The molecule has 2 heterocycles. The first-order chi connectivity index (χ1) is 10.7. The summed E-state index contributed by atoms with van der Waals surface area (Å²) in [6.07, 6.45) is 11.3. The molecule has 120 valence electrons. The van der Waals surface area contributed by atoms with Gasteiger partial charge in [0.05, 0.1) is 11.7 Å². The summed E-state index contributed by atoms with van der Waals surface area (Å²) in [7, 11) is 0. The number of likely N-dealkylation sites (tertiary alicyclic amines) is 1. The van der Waals surface area contributed by atoms with E-state index < -0.39 is 0 Å². The molecule has 22 heavy (non-hydrogen) atoms. The normalized spacial score (nSPS) is 23.6. The highest BCUT2D eigenvalue weighted by Crippen LogP contribution is 2.36. The lowest BCUT2D eigenvalue weighted by atomic mass is 9.93. The summed E-state index contributed by atoms with van der Waals surface area (Å²) in [6.45, 7) is 3.34. The molecule has 4 nitrogen and oxygen atoms in total. The molecule has 0 bridgehead atoms. The van der Waals surface area contributed by atoms with Gasteiger partial charge >= 0.3 is 0 Å². The van der Waals surface area contributed by atoms with Crippen molar-refractivity contribution in [1.82, 2.24) is 15.2 Å². The summed E-state index contributed by atoms with van der Waals surface area (Å²) in [4.78, 5) is 18.4. The smallest absolute Gasteiger partial charge is 0.217 e. The Kier molecular flexibility index (Phi) is 5.08. The van der Waals surface area contributed by atoms with Crippen molar-refractivity contribution in [2.45, 2.75) is 70.5 Å². The first kappa shape index (κ1) is 15.5. The van der Waals surface area contributed by atoms with Gasteiger partial charge < -0.3 is 5.32 Å². The molecule has 0 radical (unpaired) electrons. The number of amides is 1.